The van der Waals surface area contributed by atoms with Gasteiger partial charge in [0.15, 0.2) is 5.96 Å². The number of ether oxygens (including phenoxy) is 1. The standard InChI is InChI=1S/C21H38N4O2.HI/c1-2-22-21(23-13-19(26)15-27-14-16-3-4-16)25-9-7-24(8-10-25)20-12-17-5-6-18(20)11-17;/h16-20,26H,2-15H2,1H3,(H,22,23);1H. The van der Waals surface area contributed by atoms with Gasteiger partial charge in [0.05, 0.1) is 19.3 Å². The molecule has 0 spiro atoms. The van der Waals surface area contributed by atoms with Crippen molar-refractivity contribution in [3.05, 3.63) is 0 Å². The Bertz CT molecular complexity index is 509. The summed E-state index contributed by atoms with van der Waals surface area (Å²) in [5.74, 6) is 3.67. The summed E-state index contributed by atoms with van der Waals surface area (Å²) >= 11 is 0. The molecule has 2 bridgehead atoms. The third kappa shape index (κ3) is 5.95. The number of guanidine groups is 1. The third-order valence-electron chi connectivity index (χ3n) is 6.93. The average Bonchev–Trinajstić information content (AvgIpc) is 3.26. The van der Waals surface area contributed by atoms with Crippen molar-refractivity contribution in [1.82, 2.24) is 15.1 Å². The quantitative estimate of drug-likeness (QED) is 0.300. The minimum absolute atomic E-state index is 0. The third-order valence-corrected chi connectivity index (χ3v) is 6.93. The lowest BCUT2D eigenvalue weighted by atomic mass is 9.93. The second-order valence-corrected chi connectivity index (χ2v) is 9.09. The fourth-order valence-corrected chi connectivity index (χ4v) is 5.25. The number of aliphatic hydroxyl groups is 1. The number of nitrogens with one attached hydrogen (secondary N) is 1. The van der Waals surface area contributed by atoms with Crippen molar-refractivity contribution in [3.63, 3.8) is 0 Å². The highest BCUT2D eigenvalue weighted by atomic mass is 127. The molecule has 0 aromatic carbocycles. The van der Waals surface area contributed by atoms with Gasteiger partial charge in [-0.25, -0.2) is 0 Å². The summed E-state index contributed by atoms with van der Waals surface area (Å²) < 4.78 is 5.59. The van der Waals surface area contributed by atoms with Gasteiger partial charge in [-0.3, -0.25) is 9.89 Å². The van der Waals surface area contributed by atoms with Crippen LogP contribution in [0.2, 0.25) is 0 Å². The van der Waals surface area contributed by atoms with Crippen molar-refractivity contribution in [1.29, 1.82) is 0 Å². The van der Waals surface area contributed by atoms with Crippen LogP contribution in [0.25, 0.3) is 0 Å². The van der Waals surface area contributed by atoms with Crippen LogP contribution in [0.4, 0.5) is 0 Å². The fraction of sp³-hybridized carbons (Fsp3) is 0.952. The van der Waals surface area contributed by atoms with Gasteiger partial charge in [-0.2, -0.15) is 0 Å². The van der Waals surface area contributed by atoms with Crippen molar-refractivity contribution >= 4 is 29.9 Å². The predicted octanol–water partition coefficient (Wildman–Crippen LogP) is 2.16. The largest absolute Gasteiger partial charge is 0.389 e. The Hall–Kier alpha value is -0.120. The van der Waals surface area contributed by atoms with Crippen LogP contribution < -0.4 is 5.32 Å². The van der Waals surface area contributed by atoms with Gasteiger partial charge in [0.25, 0.3) is 0 Å². The molecule has 28 heavy (non-hydrogen) atoms. The topological polar surface area (TPSA) is 60.3 Å². The second-order valence-electron chi connectivity index (χ2n) is 9.09. The Morgan fingerprint density at radius 3 is 2.54 bits per heavy atom. The molecule has 7 heteroatoms. The lowest BCUT2D eigenvalue weighted by Crippen LogP contribution is -2.55. The molecule has 1 aliphatic heterocycles. The van der Waals surface area contributed by atoms with Crippen molar-refractivity contribution in [2.24, 2.45) is 22.7 Å². The monoisotopic (exact) mass is 506 g/mol. The van der Waals surface area contributed by atoms with Gasteiger partial charge in [-0.15, -0.1) is 24.0 Å². The number of fused-ring (bicyclic) bond motifs is 2. The van der Waals surface area contributed by atoms with Gasteiger partial charge < -0.3 is 20.1 Å². The molecule has 162 valence electrons. The lowest BCUT2D eigenvalue weighted by Gasteiger charge is -2.42. The van der Waals surface area contributed by atoms with Gasteiger partial charge in [0.1, 0.15) is 0 Å². The predicted molar refractivity (Wildman–Crippen MR) is 123 cm³/mol. The maximum Gasteiger partial charge on any atom is 0.194 e. The van der Waals surface area contributed by atoms with E-state index in [2.05, 4.69) is 22.0 Å². The average molecular weight is 506 g/mol. The zero-order chi connectivity index (χ0) is 18.6. The van der Waals surface area contributed by atoms with Crippen LogP contribution in [0.1, 0.15) is 45.4 Å². The zero-order valence-electron chi connectivity index (χ0n) is 17.4. The summed E-state index contributed by atoms with van der Waals surface area (Å²) in [6, 6.07) is 0.843. The summed E-state index contributed by atoms with van der Waals surface area (Å²) in [4.78, 5) is 9.80. The van der Waals surface area contributed by atoms with Crippen LogP contribution in [-0.2, 0) is 4.74 Å². The summed E-state index contributed by atoms with van der Waals surface area (Å²) in [5.41, 5.74) is 0. The van der Waals surface area contributed by atoms with Crippen molar-refractivity contribution in [2.45, 2.75) is 57.6 Å². The summed E-state index contributed by atoms with van der Waals surface area (Å²) in [6.07, 6.45) is 7.92. The molecule has 1 saturated heterocycles. The number of rotatable bonds is 8. The number of piperazine rings is 1. The fourth-order valence-electron chi connectivity index (χ4n) is 5.25. The molecule has 3 saturated carbocycles. The normalized spacial score (nSPS) is 31.7. The number of aliphatic hydroxyl groups excluding tert-OH is 1. The SMILES string of the molecule is CCNC(=NCC(O)COCC1CC1)N1CCN(C2CC3CCC2C3)CC1.I. The maximum atomic E-state index is 10.2. The Kier molecular flexibility index (Phi) is 8.68. The Morgan fingerprint density at radius 1 is 1.14 bits per heavy atom. The first-order valence-corrected chi connectivity index (χ1v) is 11.3. The van der Waals surface area contributed by atoms with Crippen molar-refractivity contribution in [2.75, 3.05) is 52.5 Å². The molecule has 4 fully saturated rings. The van der Waals surface area contributed by atoms with Crippen LogP contribution in [0.5, 0.6) is 0 Å². The Morgan fingerprint density at radius 2 is 1.93 bits per heavy atom. The van der Waals surface area contributed by atoms with E-state index < -0.39 is 6.10 Å². The molecular weight excluding hydrogens is 467 g/mol. The van der Waals surface area contributed by atoms with Crippen LogP contribution in [0, 0.1) is 17.8 Å². The molecule has 1 heterocycles. The van der Waals surface area contributed by atoms with E-state index >= 15 is 0 Å². The molecule has 4 unspecified atom stereocenters. The van der Waals surface area contributed by atoms with Gasteiger partial charge in [-0.1, -0.05) is 6.42 Å². The molecular formula is C21H39IN4O2. The molecule has 6 nitrogen and oxygen atoms in total. The van der Waals surface area contributed by atoms with E-state index in [1.54, 1.807) is 0 Å². The molecule has 0 amide bonds. The van der Waals surface area contributed by atoms with Gasteiger partial charge in [0, 0.05) is 45.4 Å². The summed E-state index contributed by atoms with van der Waals surface area (Å²) in [5, 5.41) is 13.6. The minimum atomic E-state index is -0.507. The van der Waals surface area contributed by atoms with E-state index in [1.165, 1.54) is 38.5 Å². The first kappa shape index (κ1) is 22.6. The molecule has 0 aromatic rings. The van der Waals surface area contributed by atoms with E-state index in [1.807, 2.05) is 0 Å². The number of aliphatic imine (C=N–C) groups is 1. The Labute approximate surface area is 187 Å². The first-order valence-electron chi connectivity index (χ1n) is 11.3. The van der Waals surface area contributed by atoms with Crippen LogP contribution in [0.3, 0.4) is 0 Å². The Balaban J connectivity index is 0.00000225. The maximum absolute atomic E-state index is 10.2. The highest BCUT2D eigenvalue weighted by Gasteiger charge is 2.42. The smallest absolute Gasteiger partial charge is 0.194 e. The van der Waals surface area contributed by atoms with Gasteiger partial charge in [0.2, 0.25) is 0 Å². The molecule has 4 rings (SSSR count). The molecule has 2 N–H and O–H groups in total. The van der Waals surface area contributed by atoms with Crippen molar-refractivity contribution in [3.8, 4) is 0 Å². The molecule has 0 aromatic heterocycles. The molecule has 0 radical (unpaired) electrons. The van der Waals surface area contributed by atoms with Crippen LogP contribution in [-0.4, -0.2) is 85.5 Å². The van der Waals surface area contributed by atoms with E-state index in [0.29, 0.717) is 13.2 Å². The molecule has 4 atom stereocenters. The van der Waals surface area contributed by atoms with Crippen LogP contribution >= 0.6 is 24.0 Å². The van der Waals surface area contributed by atoms with Gasteiger partial charge >= 0.3 is 0 Å². The first-order chi connectivity index (χ1) is 13.2. The zero-order valence-corrected chi connectivity index (χ0v) is 19.7. The minimum Gasteiger partial charge on any atom is -0.389 e. The second kappa shape index (κ2) is 10.8. The van der Waals surface area contributed by atoms with Crippen molar-refractivity contribution < 1.29 is 9.84 Å². The highest BCUT2D eigenvalue weighted by Crippen LogP contribution is 2.46. The van der Waals surface area contributed by atoms with Crippen LogP contribution in [0.15, 0.2) is 4.99 Å². The van der Waals surface area contributed by atoms with E-state index in [9.17, 15) is 5.11 Å². The van der Waals surface area contributed by atoms with E-state index in [-0.39, 0.29) is 24.0 Å². The molecule has 3 aliphatic carbocycles. The number of hydrogen-bond donors (Lipinski definition) is 2. The molecule has 4 aliphatic rings. The van der Waals surface area contributed by atoms with E-state index in [4.69, 9.17) is 9.73 Å². The van der Waals surface area contributed by atoms with E-state index in [0.717, 1.165) is 69.1 Å². The number of nitrogens with zero attached hydrogens (tertiary/aromatic N) is 3. The lowest BCUT2D eigenvalue weighted by molar-refractivity contribution is 0.0366. The summed E-state index contributed by atoms with van der Waals surface area (Å²) in [7, 11) is 0. The number of halogens is 1. The van der Waals surface area contributed by atoms with Gasteiger partial charge in [-0.05, 0) is 56.8 Å². The highest BCUT2D eigenvalue weighted by molar-refractivity contribution is 14.0. The summed E-state index contributed by atoms with van der Waals surface area (Å²) in [6.45, 7) is 8.94. The number of hydrogen-bond acceptors (Lipinski definition) is 4.